The number of hydrogen-bond donors (Lipinski definition) is 1. The Morgan fingerprint density at radius 1 is 1.53 bits per heavy atom. The fourth-order valence-corrected chi connectivity index (χ4v) is 3.19. The van der Waals surface area contributed by atoms with Crippen LogP contribution in [0.25, 0.3) is 0 Å². The van der Waals surface area contributed by atoms with Gasteiger partial charge in [-0.2, -0.15) is 5.26 Å². The van der Waals surface area contributed by atoms with Crippen LogP contribution in [0.5, 0.6) is 0 Å². The highest BCUT2D eigenvalue weighted by atomic mass is 79.9. The lowest BCUT2D eigenvalue weighted by atomic mass is 10.0. The normalized spacial score (nSPS) is 14.0. The van der Waals surface area contributed by atoms with Crippen LogP contribution in [0.1, 0.15) is 20.3 Å². The molecule has 0 heterocycles. The van der Waals surface area contributed by atoms with Crippen molar-refractivity contribution in [3.8, 4) is 6.07 Å². The van der Waals surface area contributed by atoms with Gasteiger partial charge < -0.3 is 0 Å². The molecule has 1 unspecified atom stereocenters. The molecule has 0 bridgehead atoms. The second kappa shape index (κ2) is 7.05. The minimum absolute atomic E-state index is 0.409. The van der Waals surface area contributed by atoms with Gasteiger partial charge in [-0.05, 0) is 38.1 Å². The van der Waals surface area contributed by atoms with E-state index < -0.39 is 5.54 Å². The van der Waals surface area contributed by atoms with Gasteiger partial charge in [0.2, 0.25) is 0 Å². The maximum Gasteiger partial charge on any atom is 0.104 e. The average Bonchev–Trinajstić information content (AvgIpc) is 2.29. The van der Waals surface area contributed by atoms with Gasteiger partial charge in [-0.15, -0.1) is 11.8 Å². The molecule has 1 atom stereocenters. The maximum absolute atomic E-state index is 9.13. The van der Waals surface area contributed by atoms with E-state index in [0.29, 0.717) is 0 Å². The number of benzene rings is 1. The molecule has 1 N–H and O–H groups in total. The van der Waals surface area contributed by atoms with Crippen LogP contribution >= 0.6 is 27.7 Å². The Bertz CT molecular complexity index is 403. The van der Waals surface area contributed by atoms with Crippen LogP contribution < -0.4 is 5.32 Å². The van der Waals surface area contributed by atoms with Gasteiger partial charge in [0.05, 0.1) is 6.07 Å². The molecule has 0 fully saturated rings. The lowest BCUT2D eigenvalue weighted by Crippen LogP contribution is -2.41. The number of nitrogens with zero attached hydrogens (tertiary/aromatic N) is 1. The SMILES string of the molecule is CCNC(C)(C#N)CCSc1cccc(Br)c1. The second-order valence-electron chi connectivity index (χ2n) is 4.03. The first kappa shape index (κ1) is 14.6. The van der Waals surface area contributed by atoms with E-state index >= 15 is 0 Å². The fourth-order valence-electron chi connectivity index (χ4n) is 1.50. The first-order valence-electron chi connectivity index (χ1n) is 5.64. The van der Waals surface area contributed by atoms with Crippen molar-refractivity contribution in [2.75, 3.05) is 12.3 Å². The largest absolute Gasteiger partial charge is 0.300 e. The quantitative estimate of drug-likeness (QED) is 0.811. The molecule has 1 rings (SSSR count). The molecule has 0 aliphatic rings. The monoisotopic (exact) mass is 312 g/mol. The second-order valence-corrected chi connectivity index (χ2v) is 6.11. The minimum atomic E-state index is -0.409. The standard InChI is InChI=1S/C13H17BrN2S/c1-3-16-13(2,10-15)7-8-17-12-6-4-5-11(14)9-12/h4-6,9,16H,3,7-8H2,1-2H3. The van der Waals surface area contributed by atoms with E-state index in [0.717, 1.165) is 23.2 Å². The Kier molecular flexibility index (Phi) is 6.04. The van der Waals surface area contributed by atoms with E-state index in [1.54, 1.807) is 11.8 Å². The summed E-state index contributed by atoms with van der Waals surface area (Å²) in [5.41, 5.74) is -0.409. The summed E-state index contributed by atoms with van der Waals surface area (Å²) in [6.07, 6.45) is 0.842. The van der Waals surface area contributed by atoms with Crippen LogP contribution in [0.2, 0.25) is 0 Å². The molecular formula is C13H17BrN2S. The van der Waals surface area contributed by atoms with Gasteiger partial charge in [0, 0.05) is 15.1 Å². The van der Waals surface area contributed by atoms with Crippen molar-refractivity contribution in [1.29, 1.82) is 5.26 Å². The van der Waals surface area contributed by atoms with Gasteiger partial charge in [0.1, 0.15) is 5.54 Å². The van der Waals surface area contributed by atoms with Crippen molar-refractivity contribution in [3.63, 3.8) is 0 Å². The Balaban J connectivity index is 2.44. The Morgan fingerprint density at radius 2 is 2.29 bits per heavy atom. The predicted molar refractivity (Wildman–Crippen MR) is 77.2 cm³/mol. The average molecular weight is 313 g/mol. The molecule has 0 saturated heterocycles. The molecule has 1 aromatic rings. The molecule has 0 spiro atoms. The summed E-state index contributed by atoms with van der Waals surface area (Å²) in [4.78, 5) is 1.23. The fraction of sp³-hybridized carbons (Fsp3) is 0.462. The summed E-state index contributed by atoms with van der Waals surface area (Å²) in [7, 11) is 0. The van der Waals surface area contributed by atoms with Crippen molar-refractivity contribution in [2.24, 2.45) is 0 Å². The molecule has 0 aromatic heterocycles. The van der Waals surface area contributed by atoms with Gasteiger partial charge in [-0.25, -0.2) is 0 Å². The highest BCUT2D eigenvalue weighted by Gasteiger charge is 2.21. The topological polar surface area (TPSA) is 35.8 Å². The number of nitrogens with one attached hydrogen (secondary N) is 1. The third-order valence-electron chi connectivity index (χ3n) is 2.48. The van der Waals surface area contributed by atoms with Crippen LogP contribution in [-0.2, 0) is 0 Å². The molecule has 0 aliphatic carbocycles. The van der Waals surface area contributed by atoms with Crippen molar-refractivity contribution >= 4 is 27.7 Å². The van der Waals surface area contributed by atoms with Crippen molar-refractivity contribution < 1.29 is 0 Å². The van der Waals surface area contributed by atoms with E-state index in [1.165, 1.54) is 4.90 Å². The van der Waals surface area contributed by atoms with Gasteiger partial charge >= 0.3 is 0 Å². The Hall–Kier alpha value is -0.500. The molecular weight excluding hydrogens is 296 g/mol. The van der Waals surface area contributed by atoms with Crippen LogP contribution in [-0.4, -0.2) is 17.8 Å². The third-order valence-corrected chi connectivity index (χ3v) is 3.97. The zero-order valence-electron chi connectivity index (χ0n) is 10.2. The van der Waals surface area contributed by atoms with Crippen LogP contribution in [0.15, 0.2) is 33.6 Å². The van der Waals surface area contributed by atoms with Crippen LogP contribution in [0.3, 0.4) is 0 Å². The smallest absolute Gasteiger partial charge is 0.104 e. The Morgan fingerprint density at radius 3 is 2.88 bits per heavy atom. The van der Waals surface area contributed by atoms with Crippen molar-refractivity contribution in [3.05, 3.63) is 28.7 Å². The summed E-state index contributed by atoms with van der Waals surface area (Å²) < 4.78 is 1.09. The minimum Gasteiger partial charge on any atom is -0.300 e. The van der Waals surface area contributed by atoms with E-state index in [-0.39, 0.29) is 0 Å². The van der Waals surface area contributed by atoms with E-state index in [1.807, 2.05) is 26.0 Å². The molecule has 1 aromatic carbocycles. The zero-order chi connectivity index (χ0) is 12.7. The number of rotatable bonds is 6. The summed E-state index contributed by atoms with van der Waals surface area (Å²) in [5, 5.41) is 12.4. The number of thioether (sulfide) groups is 1. The van der Waals surface area contributed by atoms with E-state index in [4.69, 9.17) is 5.26 Å². The van der Waals surface area contributed by atoms with E-state index in [2.05, 4.69) is 39.4 Å². The molecule has 0 amide bonds. The molecule has 4 heteroatoms. The molecule has 2 nitrogen and oxygen atoms in total. The molecule has 0 aliphatic heterocycles. The number of halogens is 1. The lowest BCUT2D eigenvalue weighted by molar-refractivity contribution is 0.450. The molecule has 0 radical (unpaired) electrons. The number of hydrogen-bond acceptors (Lipinski definition) is 3. The molecule has 17 heavy (non-hydrogen) atoms. The van der Waals surface area contributed by atoms with Gasteiger partial charge in [0.15, 0.2) is 0 Å². The first-order valence-corrected chi connectivity index (χ1v) is 7.42. The van der Waals surface area contributed by atoms with Crippen molar-refractivity contribution in [2.45, 2.75) is 30.7 Å². The summed E-state index contributed by atoms with van der Waals surface area (Å²) in [6.45, 7) is 4.81. The highest BCUT2D eigenvalue weighted by molar-refractivity contribution is 9.10. The summed E-state index contributed by atoms with van der Waals surface area (Å²) >= 11 is 5.24. The maximum atomic E-state index is 9.13. The third kappa shape index (κ3) is 5.12. The van der Waals surface area contributed by atoms with Gasteiger partial charge in [-0.1, -0.05) is 28.9 Å². The van der Waals surface area contributed by atoms with Crippen molar-refractivity contribution in [1.82, 2.24) is 5.32 Å². The summed E-state index contributed by atoms with van der Waals surface area (Å²) in [6, 6.07) is 10.6. The van der Waals surface area contributed by atoms with Crippen LogP contribution in [0.4, 0.5) is 0 Å². The molecule has 92 valence electrons. The van der Waals surface area contributed by atoms with E-state index in [9.17, 15) is 0 Å². The summed E-state index contributed by atoms with van der Waals surface area (Å²) in [5.74, 6) is 0.938. The lowest BCUT2D eigenvalue weighted by Gasteiger charge is -2.22. The highest BCUT2D eigenvalue weighted by Crippen LogP contribution is 2.24. The van der Waals surface area contributed by atoms with Crippen LogP contribution in [0, 0.1) is 11.3 Å². The molecule has 0 saturated carbocycles. The Labute approximate surface area is 116 Å². The van der Waals surface area contributed by atoms with Gasteiger partial charge in [-0.3, -0.25) is 5.32 Å². The van der Waals surface area contributed by atoms with Gasteiger partial charge in [0.25, 0.3) is 0 Å². The zero-order valence-corrected chi connectivity index (χ0v) is 12.6. The number of nitriles is 1. The first-order chi connectivity index (χ1) is 8.09. The predicted octanol–water partition coefficient (Wildman–Crippen LogP) is 3.82.